The van der Waals surface area contributed by atoms with Gasteiger partial charge in [-0.1, -0.05) is 6.58 Å². The van der Waals surface area contributed by atoms with E-state index in [1.165, 1.54) is 0 Å². The minimum Gasteiger partial charge on any atom is -0.550 e. The molecule has 0 N–H and O–H groups in total. The van der Waals surface area contributed by atoms with Crippen molar-refractivity contribution in [2.75, 3.05) is 80.0 Å². The van der Waals surface area contributed by atoms with Crippen LogP contribution in [0.15, 0.2) is 12.7 Å². The first kappa shape index (κ1) is 22.0. The van der Waals surface area contributed by atoms with E-state index < -0.39 is 5.97 Å². The molecule has 1 heterocycles. The van der Waals surface area contributed by atoms with Crippen molar-refractivity contribution in [2.24, 2.45) is 0 Å². The van der Waals surface area contributed by atoms with E-state index in [9.17, 15) is 9.90 Å². The molecule has 23 heavy (non-hydrogen) atoms. The number of ether oxygens (including phenoxy) is 4. The summed E-state index contributed by atoms with van der Waals surface area (Å²) < 4.78 is 21.1. The zero-order chi connectivity index (χ0) is 17.4. The van der Waals surface area contributed by atoms with Crippen molar-refractivity contribution in [3.8, 4) is 0 Å². The second-order valence-corrected chi connectivity index (χ2v) is 5.49. The minimum absolute atomic E-state index is 0.0714. The Balaban J connectivity index is 0.000000433. The van der Waals surface area contributed by atoms with Crippen molar-refractivity contribution in [3.63, 3.8) is 0 Å². The molecule has 0 unspecified atom stereocenters. The number of hydrogen-bond acceptors (Lipinski definition) is 6. The molecule has 1 aliphatic heterocycles. The summed E-state index contributed by atoms with van der Waals surface area (Å²) in [5.74, 6) is -1.10. The Bertz CT molecular complexity index is 305. The van der Waals surface area contributed by atoms with Crippen LogP contribution < -0.4 is 5.11 Å². The Morgan fingerprint density at radius 3 is 2.26 bits per heavy atom. The summed E-state index contributed by atoms with van der Waals surface area (Å²) >= 11 is 0. The molecule has 0 aromatic heterocycles. The van der Waals surface area contributed by atoms with Gasteiger partial charge in [-0.2, -0.15) is 0 Å². The monoisotopic (exact) mass is 333 g/mol. The van der Waals surface area contributed by atoms with Crippen LogP contribution in [0.3, 0.4) is 0 Å². The standard InChI is InChI=1S/C8H16NO.C8H16O5/c1-3-4-9(2)5-7-10-8-6-9;1-11-4-5-13-7-6-12-3-2-8(9)10/h3H,1,4-8H2,2H3;2-7H2,1H3,(H,9,10)/q+1;/p-1. The van der Waals surface area contributed by atoms with E-state index >= 15 is 0 Å². The number of rotatable bonds is 11. The van der Waals surface area contributed by atoms with Gasteiger partial charge in [-0.15, -0.1) is 0 Å². The first-order valence-electron chi connectivity index (χ1n) is 7.90. The number of quaternary nitrogens is 1. The second kappa shape index (κ2) is 14.6. The van der Waals surface area contributed by atoms with Crippen LogP contribution in [0.2, 0.25) is 0 Å². The third kappa shape index (κ3) is 14.3. The lowest BCUT2D eigenvalue weighted by Crippen LogP contribution is -2.51. The van der Waals surface area contributed by atoms with Crippen LogP contribution in [-0.4, -0.2) is 90.5 Å². The number of hydrogen-bond donors (Lipinski definition) is 0. The Kier molecular flexibility index (Phi) is 14.0. The van der Waals surface area contributed by atoms with Gasteiger partial charge in [-0.3, -0.25) is 0 Å². The van der Waals surface area contributed by atoms with E-state index in [0.717, 1.165) is 37.3 Å². The number of methoxy groups -OCH3 is 1. The first-order chi connectivity index (χ1) is 11.0. The molecule has 7 heteroatoms. The fraction of sp³-hybridized carbons (Fsp3) is 0.812. The molecule has 0 aromatic carbocycles. The number of carbonyl (C=O) groups is 1. The van der Waals surface area contributed by atoms with Gasteiger partial charge in [0.25, 0.3) is 0 Å². The predicted molar refractivity (Wildman–Crippen MR) is 84.9 cm³/mol. The van der Waals surface area contributed by atoms with E-state index in [1.807, 2.05) is 6.08 Å². The Morgan fingerprint density at radius 1 is 1.17 bits per heavy atom. The van der Waals surface area contributed by atoms with E-state index in [4.69, 9.17) is 18.9 Å². The third-order valence-corrected chi connectivity index (χ3v) is 3.38. The van der Waals surface area contributed by atoms with Gasteiger partial charge in [0, 0.05) is 19.5 Å². The molecule has 0 bridgehead atoms. The fourth-order valence-corrected chi connectivity index (χ4v) is 1.90. The molecular formula is C16H31NO6. The van der Waals surface area contributed by atoms with E-state index in [1.54, 1.807) is 7.11 Å². The van der Waals surface area contributed by atoms with Crippen LogP contribution >= 0.6 is 0 Å². The Hall–Kier alpha value is -0.990. The smallest absolute Gasteiger partial charge is 0.102 e. The van der Waals surface area contributed by atoms with E-state index in [2.05, 4.69) is 13.6 Å². The molecule has 7 nitrogen and oxygen atoms in total. The molecule has 1 saturated heterocycles. The van der Waals surface area contributed by atoms with Crippen LogP contribution in [0.25, 0.3) is 0 Å². The minimum atomic E-state index is -1.10. The predicted octanol–water partition coefficient (Wildman–Crippen LogP) is -0.545. The second-order valence-electron chi connectivity index (χ2n) is 5.49. The Labute approximate surface area is 139 Å². The van der Waals surface area contributed by atoms with Crippen molar-refractivity contribution in [1.29, 1.82) is 0 Å². The lowest BCUT2D eigenvalue weighted by molar-refractivity contribution is -0.911. The summed E-state index contributed by atoms with van der Waals surface area (Å²) in [4.78, 5) is 9.93. The summed E-state index contributed by atoms with van der Waals surface area (Å²) in [5, 5.41) is 9.93. The maximum atomic E-state index is 9.93. The van der Waals surface area contributed by atoms with Gasteiger partial charge in [0.15, 0.2) is 0 Å². The van der Waals surface area contributed by atoms with Gasteiger partial charge < -0.3 is 33.3 Å². The summed E-state index contributed by atoms with van der Waals surface area (Å²) in [6, 6.07) is 0. The van der Waals surface area contributed by atoms with Crippen LogP contribution in [0.5, 0.6) is 0 Å². The van der Waals surface area contributed by atoms with Gasteiger partial charge in [0.2, 0.25) is 0 Å². The summed E-state index contributed by atoms with van der Waals surface area (Å²) in [5.41, 5.74) is 0. The number of aliphatic carboxylic acids is 1. The zero-order valence-corrected chi connectivity index (χ0v) is 14.5. The lowest BCUT2D eigenvalue weighted by Gasteiger charge is -2.36. The topological polar surface area (TPSA) is 77.0 Å². The van der Waals surface area contributed by atoms with Crippen molar-refractivity contribution in [3.05, 3.63) is 12.7 Å². The number of carbonyl (C=O) groups excluding carboxylic acids is 1. The number of nitrogens with zero attached hydrogens (tertiary/aromatic N) is 1. The summed E-state index contributed by atoms with van der Waals surface area (Å²) in [6.45, 7) is 11.0. The molecule has 0 aromatic rings. The molecule has 0 amide bonds. The molecule has 0 aliphatic carbocycles. The average Bonchev–Trinajstić information content (AvgIpc) is 2.51. The van der Waals surface area contributed by atoms with Crippen LogP contribution in [0.1, 0.15) is 6.42 Å². The van der Waals surface area contributed by atoms with Crippen molar-refractivity contribution in [1.82, 2.24) is 0 Å². The van der Waals surface area contributed by atoms with Crippen LogP contribution in [0.4, 0.5) is 0 Å². The van der Waals surface area contributed by atoms with Gasteiger partial charge in [0.05, 0.1) is 59.8 Å². The average molecular weight is 333 g/mol. The number of carboxylic acids is 1. The van der Waals surface area contributed by atoms with Gasteiger partial charge in [-0.05, 0) is 6.08 Å². The van der Waals surface area contributed by atoms with E-state index in [0.29, 0.717) is 26.4 Å². The van der Waals surface area contributed by atoms with Crippen molar-refractivity contribution < 1.29 is 33.3 Å². The molecule has 0 spiro atoms. The molecule has 0 radical (unpaired) electrons. The molecule has 1 rings (SSSR count). The third-order valence-electron chi connectivity index (χ3n) is 3.38. The molecule has 0 saturated carbocycles. The highest BCUT2D eigenvalue weighted by Crippen LogP contribution is 2.06. The highest BCUT2D eigenvalue weighted by molar-refractivity contribution is 5.64. The largest absolute Gasteiger partial charge is 0.550 e. The van der Waals surface area contributed by atoms with Crippen LogP contribution in [-0.2, 0) is 23.7 Å². The first-order valence-corrected chi connectivity index (χ1v) is 7.90. The maximum absolute atomic E-state index is 9.93. The van der Waals surface area contributed by atoms with Gasteiger partial charge in [-0.25, -0.2) is 0 Å². The molecular weight excluding hydrogens is 302 g/mol. The number of likely N-dealkylation sites (N-methyl/N-ethyl adjacent to an activating group) is 1. The summed E-state index contributed by atoms with van der Waals surface area (Å²) in [7, 11) is 3.85. The Morgan fingerprint density at radius 2 is 1.74 bits per heavy atom. The van der Waals surface area contributed by atoms with Crippen molar-refractivity contribution >= 4 is 5.97 Å². The molecule has 0 atom stereocenters. The zero-order valence-electron chi connectivity index (χ0n) is 14.5. The molecule has 136 valence electrons. The normalized spacial score (nSPS) is 16.3. The summed E-state index contributed by atoms with van der Waals surface area (Å²) in [6.07, 6.45) is 1.92. The van der Waals surface area contributed by atoms with Crippen LogP contribution in [0, 0.1) is 0 Å². The van der Waals surface area contributed by atoms with E-state index in [-0.39, 0.29) is 13.0 Å². The van der Waals surface area contributed by atoms with Gasteiger partial charge >= 0.3 is 0 Å². The number of morpholine rings is 1. The molecule has 1 aliphatic rings. The fourth-order valence-electron chi connectivity index (χ4n) is 1.90. The highest BCUT2D eigenvalue weighted by Gasteiger charge is 2.22. The molecule has 1 fully saturated rings. The highest BCUT2D eigenvalue weighted by atomic mass is 16.5. The lowest BCUT2D eigenvalue weighted by atomic mass is 10.3. The van der Waals surface area contributed by atoms with Crippen molar-refractivity contribution in [2.45, 2.75) is 6.42 Å². The SMILES string of the molecule is C=CC[N+]1(C)CCOCC1.COCCOCCOCCC(=O)[O-]. The number of carboxylic acid groups (broad SMARTS) is 1. The van der Waals surface area contributed by atoms with Gasteiger partial charge in [0.1, 0.15) is 13.1 Å². The maximum Gasteiger partial charge on any atom is 0.102 e. The quantitative estimate of drug-likeness (QED) is 0.287.